The van der Waals surface area contributed by atoms with E-state index in [0.29, 0.717) is 72.7 Å². The first kappa shape index (κ1) is 98.3. The molecule has 664 valence electrons. The van der Waals surface area contributed by atoms with Crippen LogP contribution >= 0.6 is 0 Å². The fourth-order valence-corrected chi connectivity index (χ4v) is 15.6. The summed E-state index contributed by atoms with van der Waals surface area (Å²) < 4.78 is 145. The van der Waals surface area contributed by atoms with Gasteiger partial charge in [-0.1, -0.05) is 92.8 Å². The Hall–Kier alpha value is -8.16. The van der Waals surface area contributed by atoms with Gasteiger partial charge in [-0.2, -0.15) is 0 Å². The van der Waals surface area contributed by atoms with Gasteiger partial charge >= 0.3 is 0 Å². The van der Waals surface area contributed by atoms with Crippen LogP contribution < -0.4 is 29.6 Å². The van der Waals surface area contributed by atoms with Crippen LogP contribution in [0.1, 0.15) is 185 Å². The second-order valence-electron chi connectivity index (χ2n) is 30.8. The smallest absolute Gasteiger partial charge is 0.262 e. The normalized spacial score (nSPS) is 15.5. The molecule has 6 aromatic carbocycles. The van der Waals surface area contributed by atoms with Gasteiger partial charge in [0.05, 0.1) is 180 Å². The zero-order chi connectivity index (χ0) is 87.6. The molecule has 0 saturated heterocycles. The van der Waals surface area contributed by atoms with E-state index in [-0.39, 0.29) is 157 Å². The molecule has 121 heavy (non-hydrogen) atoms. The average Bonchev–Trinajstić information content (AvgIpc) is 0.718. The number of benzene rings is 6. The van der Waals surface area contributed by atoms with Crippen LogP contribution in [0, 0.1) is 0 Å². The summed E-state index contributed by atoms with van der Waals surface area (Å²) >= 11 is 0. The van der Waals surface area contributed by atoms with Crippen molar-refractivity contribution < 1.29 is 117 Å². The van der Waals surface area contributed by atoms with Crippen molar-refractivity contribution in [1.82, 2.24) is 9.44 Å². The van der Waals surface area contributed by atoms with E-state index in [0.717, 1.165) is 51.6 Å². The maximum atomic E-state index is 14.9. The van der Waals surface area contributed by atoms with Gasteiger partial charge in [0, 0.05) is 66.3 Å². The lowest BCUT2D eigenvalue weighted by molar-refractivity contribution is -0.118. The molecule has 6 aromatic rings. The lowest BCUT2D eigenvalue weighted by Crippen LogP contribution is -2.37. The predicted octanol–water partition coefficient (Wildman–Crippen LogP) is 12.0. The number of ketones is 4. The van der Waals surface area contributed by atoms with Crippen LogP contribution in [0.4, 0.5) is 11.4 Å². The van der Waals surface area contributed by atoms with E-state index in [1.807, 2.05) is 62.3 Å². The van der Waals surface area contributed by atoms with E-state index in [4.69, 9.17) is 71.1 Å². The molecular formula is C90H122N4O25S2. The summed E-state index contributed by atoms with van der Waals surface area (Å²) in [5.41, 5.74) is -0.569. The standard InChI is InChI=1S/C90H122N4O25S2/c1-58(46-109-60(3)24-18-16-14-15-17-23-41-107-44-42-105-12)93-120(101,102)71-33-29-69(30-34-71)118-56-81(95)91-79-39-37-73(83-85(79)89(99)77-27-21-19-25-75(77)87(83)97)74-38-40-80(86-84(74)88(98)76-26-20-22-28-78(76)90(86)100)92-82(96)57-119-70-31-35-72(36-32-70)121(103,104)94-59(2)47-110-62(5)49-112-64(7)51-114-66(9)53-116-68(11)55-117-67(10)54-115-65(8)52-113-63(6)50-111-61(4)48-108-45-43-106-13/h19-22,25-40,58-68,93-94H,14-18,23-24,41-57H2,1-13H3,(H,91,95)(H,92,96). The number of unbranched alkanes of at least 4 members (excludes halogenated alkanes) is 5. The van der Waals surface area contributed by atoms with Crippen molar-refractivity contribution in [2.45, 2.75) is 198 Å². The zero-order valence-electron chi connectivity index (χ0n) is 71.9. The second-order valence-corrected chi connectivity index (χ2v) is 34.2. The molecule has 0 radical (unpaired) electrons. The van der Waals surface area contributed by atoms with Crippen LogP contribution in [0.3, 0.4) is 0 Å². The summed E-state index contributed by atoms with van der Waals surface area (Å²) in [5.74, 6) is -3.73. The molecule has 0 saturated carbocycles. The highest BCUT2D eigenvalue weighted by Gasteiger charge is 2.39. The zero-order valence-corrected chi connectivity index (χ0v) is 73.5. The molecule has 11 atom stereocenters. The lowest BCUT2D eigenvalue weighted by atomic mass is 9.75. The summed E-state index contributed by atoms with van der Waals surface area (Å²) in [7, 11) is -4.77. The SMILES string of the molecule is COCCOCCCCCCCCC(C)OCC(C)NS(=O)(=O)c1ccc(OCC(=O)Nc2ccc(-c3ccc(NC(=O)COc4ccc(S(=O)(=O)NC(C)COC(C)COC(C)COC(C)COC(C)COC(C)COC(C)COC(C)COC(C)COCCOC)cc4)c4c3C(=O)c3ccccc3C4=O)c3c2C(=O)c2ccccc2C3=O)cc1. The Morgan fingerprint density at radius 1 is 0.314 bits per heavy atom. The summed E-state index contributed by atoms with van der Waals surface area (Å²) in [6, 6.07) is 27.6. The largest absolute Gasteiger partial charge is 0.484 e. The minimum Gasteiger partial charge on any atom is -0.484 e. The number of amides is 2. The van der Waals surface area contributed by atoms with Gasteiger partial charge in [-0.15, -0.1) is 0 Å². The maximum Gasteiger partial charge on any atom is 0.262 e. The van der Waals surface area contributed by atoms with E-state index in [9.17, 15) is 45.6 Å². The van der Waals surface area contributed by atoms with Crippen LogP contribution in [0.5, 0.6) is 11.5 Å². The molecule has 2 aliphatic rings. The van der Waals surface area contributed by atoms with Crippen molar-refractivity contribution in [3.63, 3.8) is 0 Å². The van der Waals surface area contributed by atoms with E-state index >= 15 is 0 Å². The molecule has 0 aromatic heterocycles. The first-order valence-electron chi connectivity index (χ1n) is 41.5. The average molecular weight is 1720 g/mol. The fraction of sp³-hybridized carbons (Fsp3) is 0.533. The van der Waals surface area contributed by atoms with Crippen LogP contribution in [0.2, 0.25) is 0 Å². The van der Waals surface area contributed by atoms with Gasteiger partial charge in [0.15, 0.2) is 36.3 Å². The Morgan fingerprint density at radius 3 is 0.975 bits per heavy atom. The van der Waals surface area contributed by atoms with E-state index < -0.39 is 86.4 Å². The van der Waals surface area contributed by atoms with Crippen molar-refractivity contribution in [2.24, 2.45) is 0 Å². The van der Waals surface area contributed by atoms with Crippen LogP contribution in [-0.4, -0.2) is 245 Å². The summed E-state index contributed by atoms with van der Waals surface area (Å²) in [6.45, 7) is 25.6. The third-order valence-electron chi connectivity index (χ3n) is 19.6. The van der Waals surface area contributed by atoms with Crippen LogP contribution in [0.25, 0.3) is 11.1 Å². The van der Waals surface area contributed by atoms with E-state index in [1.165, 1.54) is 97.1 Å². The molecule has 4 N–H and O–H groups in total. The maximum absolute atomic E-state index is 14.9. The summed E-state index contributed by atoms with van der Waals surface area (Å²) in [4.78, 5) is 86.9. The molecule has 2 amide bonds. The van der Waals surface area contributed by atoms with E-state index in [2.05, 4.69) is 20.1 Å². The molecular weight excluding hydrogens is 1600 g/mol. The highest BCUT2D eigenvalue weighted by Crippen LogP contribution is 2.44. The van der Waals surface area contributed by atoms with Crippen LogP contribution in [-0.2, 0) is 91.2 Å². The molecule has 0 spiro atoms. The number of methoxy groups -OCH3 is 2. The molecule has 2 aliphatic carbocycles. The number of carbonyl (C=O) groups excluding carboxylic acids is 6. The van der Waals surface area contributed by atoms with Gasteiger partial charge in [0.25, 0.3) is 11.8 Å². The first-order valence-corrected chi connectivity index (χ1v) is 44.4. The van der Waals surface area contributed by atoms with Gasteiger partial charge in [0.2, 0.25) is 20.0 Å². The highest BCUT2D eigenvalue weighted by atomic mass is 32.2. The van der Waals surface area contributed by atoms with Crippen molar-refractivity contribution in [3.05, 3.63) is 166 Å². The first-order chi connectivity index (χ1) is 58.0. The monoisotopic (exact) mass is 1720 g/mol. The third-order valence-corrected chi connectivity index (χ3v) is 22.9. The fourth-order valence-electron chi connectivity index (χ4n) is 13.1. The molecule has 11 unspecified atom stereocenters. The number of ether oxygens (including phenoxy) is 15. The minimum atomic E-state index is -4.07. The third kappa shape index (κ3) is 31.2. The summed E-state index contributed by atoms with van der Waals surface area (Å²) in [6.07, 6.45) is 5.72. The van der Waals surface area contributed by atoms with Crippen molar-refractivity contribution in [3.8, 4) is 22.6 Å². The van der Waals surface area contributed by atoms with E-state index in [1.54, 1.807) is 52.3 Å². The van der Waals surface area contributed by atoms with Crippen molar-refractivity contribution >= 4 is 66.4 Å². The predicted molar refractivity (Wildman–Crippen MR) is 456 cm³/mol. The van der Waals surface area contributed by atoms with Gasteiger partial charge < -0.3 is 81.7 Å². The number of hydrogen-bond acceptors (Lipinski definition) is 25. The molecule has 0 fully saturated rings. The Labute approximate surface area is 712 Å². The number of nitrogens with one attached hydrogen (secondary N) is 4. The van der Waals surface area contributed by atoms with Gasteiger partial charge in [-0.3, -0.25) is 28.8 Å². The Balaban J connectivity index is 0.787. The van der Waals surface area contributed by atoms with Gasteiger partial charge in [0.1, 0.15) is 11.5 Å². The number of carbonyl (C=O) groups is 6. The topological polar surface area (TPSA) is 357 Å². The Kier molecular flexibility index (Phi) is 40.6. The quantitative estimate of drug-likeness (QED) is 0.0257. The van der Waals surface area contributed by atoms with Crippen molar-refractivity contribution in [2.75, 3.05) is 137 Å². The number of hydrogen-bond donors (Lipinski definition) is 4. The Bertz CT molecular complexity index is 4550. The molecule has 0 heterocycles. The number of sulfonamides is 2. The number of anilines is 2. The summed E-state index contributed by atoms with van der Waals surface area (Å²) in [5, 5.41) is 5.42. The van der Waals surface area contributed by atoms with Crippen LogP contribution in [0.15, 0.2) is 131 Å². The second kappa shape index (κ2) is 50.0. The molecule has 31 heteroatoms. The van der Waals surface area contributed by atoms with Gasteiger partial charge in [-0.25, -0.2) is 26.3 Å². The number of fused-ring (bicyclic) bond motifs is 4. The highest BCUT2D eigenvalue weighted by molar-refractivity contribution is 7.89. The molecule has 0 aliphatic heterocycles. The molecule has 8 rings (SSSR count). The van der Waals surface area contributed by atoms with Crippen molar-refractivity contribution in [1.29, 1.82) is 0 Å². The number of rotatable bonds is 59. The minimum absolute atomic E-state index is 0.0255. The molecule has 0 bridgehead atoms. The lowest BCUT2D eigenvalue weighted by Gasteiger charge is -2.26. The van der Waals surface area contributed by atoms with Gasteiger partial charge in [-0.05, 0) is 161 Å². The Morgan fingerprint density at radius 2 is 0.620 bits per heavy atom. The molecule has 29 nitrogen and oxygen atoms in total.